The van der Waals surface area contributed by atoms with Crippen molar-refractivity contribution in [3.8, 4) is 0 Å². The first-order chi connectivity index (χ1) is 9.31. The molecule has 0 radical (unpaired) electrons. The van der Waals surface area contributed by atoms with E-state index in [0.29, 0.717) is 5.69 Å². The Morgan fingerprint density at radius 1 is 1.47 bits per heavy atom. The van der Waals surface area contributed by atoms with Crippen LogP contribution in [0.4, 0.5) is 0 Å². The zero-order chi connectivity index (χ0) is 13.2. The Hall–Kier alpha value is -1.68. The van der Waals surface area contributed by atoms with E-state index in [0.717, 1.165) is 19.4 Å². The SMILES string of the molecule is CC[C@@H]1c2ccsc2CCN1C(=O)c1ccccn1. The molecular formula is C15H16N2OS. The average Bonchev–Trinajstić information content (AvgIpc) is 2.94. The summed E-state index contributed by atoms with van der Waals surface area (Å²) in [6.07, 6.45) is 3.58. The minimum absolute atomic E-state index is 0.0456. The summed E-state index contributed by atoms with van der Waals surface area (Å²) in [7, 11) is 0. The monoisotopic (exact) mass is 272 g/mol. The summed E-state index contributed by atoms with van der Waals surface area (Å²) in [4.78, 5) is 20.1. The number of hydrogen-bond acceptors (Lipinski definition) is 3. The van der Waals surface area contributed by atoms with E-state index in [9.17, 15) is 4.79 Å². The highest BCUT2D eigenvalue weighted by Crippen LogP contribution is 2.35. The van der Waals surface area contributed by atoms with Gasteiger partial charge in [-0.25, -0.2) is 0 Å². The Labute approximate surface area is 116 Å². The van der Waals surface area contributed by atoms with Crippen LogP contribution in [0, 0.1) is 0 Å². The van der Waals surface area contributed by atoms with Gasteiger partial charge in [-0.05, 0) is 42.0 Å². The number of nitrogens with zero attached hydrogens (tertiary/aromatic N) is 2. The second kappa shape index (κ2) is 5.13. The second-order valence-electron chi connectivity index (χ2n) is 4.69. The van der Waals surface area contributed by atoms with E-state index in [2.05, 4.69) is 23.4 Å². The third-order valence-corrected chi connectivity index (χ3v) is 4.62. The molecule has 4 heteroatoms. The zero-order valence-corrected chi connectivity index (χ0v) is 11.7. The summed E-state index contributed by atoms with van der Waals surface area (Å²) >= 11 is 1.80. The minimum Gasteiger partial charge on any atom is -0.330 e. The predicted molar refractivity (Wildman–Crippen MR) is 76.3 cm³/mol. The van der Waals surface area contributed by atoms with Gasteiger partial charge in [0.25, 0.3) is 5.91 Å². The highest BCUT2D eigenvalue weighted by atomic mass is 32.1. The molecule has 0 aromatic carbocycles. The topological polar surface area (TPSA) is 33.2 Å². The van der Waals surface area contributed by atoms with Crippen molar-refractivity contribution >= 4 is 17.2 Å². The van der Waals surface area contributed by atoms with Crippen molar-refractivity contribution in [1.29, 1.82) is 0 Å². The lowest BCUT2D eigenvalue weighted by atomic mass is 9.97. The molecule has 98 valence electrons. The predicted octanol–water partition coefficient (Wildman–Crippen LogP) is 3.29. The maximum Gasteiger partial charge on any atom is 0.272 e. The van der Waals surface area contributed by atoms with Crippen LogP contribution in [0.25, 0.3) is 0 Å². The molecule has 0 bridgehead atoms. The number of aromatic nitrogens is 1. The zero-order valence-electron chi connectivity index (χ0n) is 10.9. The minimum atomic E-state index is 0.0456. The normalized spacial score (nSPS) is 18.2. The summed E-state index contributed by atoms with van der Waals surface area (Å²) in [6.45, 7) is 2.93. The number of pyridine rings is 1. The summed E-state index contributed by atoms with van der Waals surface area (Å²) < 4.78 is 0. The van der Waals surface area contributed by atoms with E-state index in [4.69, 9.17) is 0 Å². The van der Waals surface area contributed by atoms with Crippen molar-refractivity contribution in [2.75, 3.05) is 6.54 Å². The van der Waals surface area contributed by atoms with Crippen molar-refractivity contribution in [3.05, 3.63) is 52.0 Å². The molecule has 0 N–H and O–H groups in total. The molecule has 3 heterocycles. The molecule has 1 aliphatic heterocycles. The molecule has 3 nitrogen and oxygen atoms in total. The van der Waals surface area contributed by atoms with Gasteiger partial charge in [-0.1, -0.05) is 13.0 Å². The molecule has 1 atom stereocenters. The summed E-state index contributed by atoms with van der Waals surface area (Å²) in [6, 6.07) is 7.84. The van der Waals surface area contributed by atoms with Crippen molar-refractivity contribution in [3.63, 3.8) is 0 Å². The second-order valence-corrected chi connectivity index (χ2v) is 5.69. The Balaban J connectivity index is 1.92. The molecular weight excluding hydrogens is 256 g/mol. The van der Waals surface area contributed by atoms with Crippen molar-refractivity contribution < 1.29 is 4.79 Å². The van der Waals surface area contributed by atoms with Crippen LogP contribution in [0.5, 0.6) is 0 Å². The fourth-order valence-corrected chi connectivity index (χ4v) is 3.64. The highest BCUT2D eigenvalue weighted by molar-refractivity contribution is 7.10. The van der Waals surface area contributed by atoms with Crippen LogP contribution >= 0.6 is 11.3 Å². The molecule has 1 amide bonds. The third kappa shape index (κ3) is 2.16. The Kier molecular flexibility index (Phi) is 3.34. The lowest BCUT2D eigenvalue weighted by Crippen LogP contribution is -2.39. The molecule has 1 aliphatic rings. The van der Waals surface area contributed by atoms with E-state index < -0.39 is 0 Å². The van der Waals surface area contributed by atoms with Gasteiger partial charge in [-0.15, -0.1) is 11.3 Å². The molecule has 0 aliphatic carbocycles. The highest BCUT2D eigenvalue weighted by Gasteiger charge is 2.31. The Morgan fingerprint density at radius 3 is 3.11 bits per heavy atom. The molecule has 0 fully saturated rings. The summed E-state index contributed by atoms with van der Waals surface area (Å²) in [5.41, 5.74) is 1.86. The number of rotatable bonds is 2. The molecule has 0 spiro atoms. The van der Waals surface area contributed by atoms with Crippen LogP contribution in [0.15, 0.2) is 35.8 Å². The van der Waals surface area contributed by atoms with Gasteiger partial charge in [0.2, 0.25) is 0 Å². The van der Waals surface area contributed by atoms with Crippen molar-refractivity contribution in [2.24, 2.45) is 0 Å². The van der Waals surface area contributed by atoms with E-state index in [1.54, 1.807) is 23.6 Å². The molecule has 19 heavy (non-hydrogen) atoms. The first-order valence-corrected chi connectivity index (χ1v) is 7.47. The van der Waals surface area contributed by atoms with Crippen LogP contribution in [0.3, 0.4) is 0 Å². The van der Waals surface area contributed by atoms with Gasteiger partial charge in [0, 0.05) is 17.6 Å². The van der Waals surface area contributed by atoms with Gasteiger partial charge >= 0.3 is 0 Å². The maximum atomic E-state index is 12.6. The van der Waals surface area contributed by atoms with Crippen molar-refractivity contribution in [2.45, 2.75) is 25.8 Å². The number of fused-ring (bicyclic) bond motifs is 1. The molecule has 3 rings (SSSR count). The standard InChI is InChI=1S/C15H16N2OS/c1-2-13-11-7-10-19-14(11)6-9-17(13)15(18)12-5-3-4-8-16-12/h3-5,7-8,10,13H,2,6,9H2,1H3/t13-/m1/s1. The molecule has 2 aromatic heterocycles. The largest absolute Gasteiger partial charge is 0.330 e. The molecule has 2 aromatic rings. The van der Waals surface area contributed by atoms with Crippen LogP contribution < -0.4 is 0 Å². The van der Waals surface area contributed by atoms with Crippen molar-refractivity contribution in [1.82, 2.24) is 9.88 Å². The smallest absolute Gasteiger partial charge is 0.272 e. The lowest BCUT2D eigenvalue weighted by molar-refractivity contribution is 0.0651. The Morgan fingerprint density at radius 2 is 2.37 bits per heavy atom. The van der Waals surface area contributed by atoms with Gasteiger partial charge in [0.15, 0.2) is 0 Å². The van der Waals surface area contributed by atoms with Gasteiger partial charge < -0.3 is 4.90 Å². The molecule has 0 saturated carbocycles. The first kappa shape index (κ1) is 12.4. The quantitative estimate of drug-likeness (QED) is 0.840. The molecule has 0 saturated heterocycles. The fourth-order valence-electron chi connectivity index (χ4n) is 2.72. The fraction of sp³-hybridized carbons (Fsp3) is 0.333. The van der Waals surface area contributed by atoms with Crippen LogP contribution in [-0.2, 0) is 6.42 Å². The average molecular weight is 272 g/mol. The van der Waals surface area contributed by atoms with E-state index >= 15 is 0 Å². The van der Waals surface area contributed by atoms with E-state index in [-0.39, 0.29) is 11.9 Å². The number of carbonyl (C=O) groups excluding carboxylic acids is 1. The van der Waals surface area contributed by atoms with E-state index in [1.165, 1.54) is 10.4 Å². The van der Waals surface area contributed by atoms with Gasteiger partial charge in [-0.2, -0.15) is 0 Å². The van der Waals surface area contributed by atoms with Gasteiger partial charge in [0.05, 0.1) is 6.04 Å². The maximum absolute atomic E-state index is 12.6. The summed E-state index contributed by atoms with van der Waals surface area (Å²) in [5.74, 6) is 0.0456. The van der Waals surface area contributed by atoms with Gasteiger partial charge in [0.1, 0.15) is 5.69 Å². The summed E-state index contributed by atoms with van der Waals surface area (Å²) in [5, 5.41) is 2.13. The number of amides is 1. The lowest BCUT2D eigenvalue weighted by Gasteiger charge is -2.35. The Bertz CT molecular complexity index is 579. The van der Waals surface area contributed by atoms with Gasteiger partial charge in [-0.3, -0.25) is 9.78 Å². The first-order valence-electron chi connectivity index (χ1n) is 6.59. The van der Waals surface area contributed by atoms with Crippen LogP contribution in [-0.4, -0.2) is 22.3 Å². The third-order valence-electron chi connectivity index (χ3n) is 3.63. The molecule has 0 unspecified atom stereocenters. The number of hydrogen-bond donors (Lipinski definition) is 0. The van der Waals surface area contributed by atoms with Crippen LogP contribution in [0.1, 0.15) is 40.3 Å². The van der Waals surface area contributed by atoms with Crippen LogP contribution in [0.2, 0.25) is 0 Å². The number of carbonyl (C=O) groups is 1. The number of thiophene rings is 1. The van der Waals surface area contributed by atoms with E-state index in [1.807, 2.05) is 17.0 Å².